The zero-order valence-corrected chi connectivity index (χ0v) is 20.9. The average molecular weight is 477 g/mol. The van der Waals surface area contributed by atoms with E-state index in [4.69, 9.17) is 16.3 Å². The fourth-order valence-electron chi connectivity index (χ4n) is 4.17. The second-order valence-corrected chi connectivity index (χ2v) is 10.6. The SMILES string of the molecule is CN(CC1=CCC(C(=O)NC2CCC(Cc3cccc(Cl)c3)CN2)CN1)C(=O)OC(C)(C)C. The molecule has 3 rings (SSSR count). The van der Waals surface area contributed by atoms with Crippen molar-refractivity contribution in [1.82, 2.24) is 20.9 Å². The van der Waals surface area contributed by atoms with Crippen LogP contribution in [0, 0.1) is 11.8 Å². The number of likely N-dealkylation sites (N-methyl/N-ethyl adjacent to an activating group) is 1. The first-order chi connectivity index (χ1) is 15.6. The fourth-order valence-corrected chi connectivity index (χ4v) is 4.39. The largest absolute Gasteiger partial charge is 0.444 e. The topological polar surface area (TPSA) is 82.7 Å². The molecule has 0 aliphatic carbocycles. The molecule has 2 heterocycles. The molecule has 8 heteroatoms. The van der Waals surface area contributed by atoms with Gasteiger partial charge < -0.3 is 20.3 Å². The summed E-state index contributed by atoms with van der Waals surface area (Å²) in [6, 6.07) is 8.03. The number of nitrogens with zero attached hydrogens (tertiary/aromatic N) is 1. The van der Waals surface area contributed by atoms with Crippen molar-refractivity contribution in [2.45, 2.75) is 58.2 Å². The number of amides is 2. The van der Waals surface area contributed by atoms with Crippen LogP contribution in [0.2, 0.25) is 5.02 Å². The first-order valence-corrected chi connectivity index (χ1v) is 12.1. The summed E-state index contributed by atoms with van der Waals surface area (Å²) in [5.74, 6) is 0.482. The summed E-state index contributed by atoms with van der Waals surface area (Å²) >= 11 is 6.09. The van der Waals surface area contributed by atoms with E-state index in [0.717, 1.165) is 36.5 Å². The molecule has 0 spiro atoms. The maximum Gasteiger partial charge on any atom is 0.410 e. The standard InChI is InChI=1S/C25H37ClN4O3/c1-25(2,3)33-24(32)30(4)16-21-10-9-19(15-27-21)23(31)29-22-11-8-18(14-28-22)12-17-6-5-7-20(26)13-17/h5-7,10,13,18-19,22,27-28H,8-9,11-12,14-16H2,1-4H3,(H,29,31). The van der Waals surface area contributed by atoms with Crippen LogP contribution < -0.4 is 16.0 Å². The lowest BCUT2D eigenvalue weighted by atomic mass is 9.91. The first-order valence-electron chi connectivity index (χ1n) is 11.7. The Morgan fingerprint density at radius 3 is 2.64 bits per heavy atom. The van der Waals surface area contributed by atoms with Gasteiger partial charge in [0.1, 0.15) is 5.60 Å². The highest BCUT2D eigenvalue weighted by Gasteiger charge is 2.27. The quantitative estimate of drug-likeness (QED) is 0.583. The van der Waals surface area contributed by atoms with Crippen LogP contribution in [-0.2, 0) is 16.0 Å². The number of halogens is 1. The third-order valence-electron chi connectivity index (χ3n) is 5.95. The molecule has 1 aromatic carbocycles. The third kappa shape index (κ3) is 8.23. The van der Waals surface area contributed by atoms with Gasteiger partial charge in [0.2, 0.25) is 5.91 Å². The van der Waals surface area contributed by atoms with Gasteiger partial charge in [0.25, 0.3) is 0 Å². The number of rotatable bonds is 6. The van der Waals surface area contributed by atoms with Crippen LogP contribution >= 0.6 is 11.6 Å². The molecule has 2 aliphatic rings. The first kappa shape index (κ1) is 25.4. The lowest BCUT2D eigenvalue weighted by Gasteiger charge is -2.32. The van der Waals surface area contributed by atoms with Crippen molar-refractivity contribution in [2.75, 3.05) is 26.7 Å². The number of carbonyl (C=O) groups excluding carboxylic acids is 2. The number of piperidine rings is 1. The summed E-state index contributed by atoms with van der Waals surface area (Å²) in [4.78, 5) is 26.4. The van der Waals surface area contributed by atoms with Gasteiger partial charge in [0.15, 0.2) is 0 Å². The van der Waals surface area contributed by atoms with Gasteiger partial charge in [0, 0.05) is 30.9 Å². The second-order valence-electron chi connectivity index (χ2n) is 10.1. The molecule has 1 aromatic rings. The van der Waals surface area contributed by atoms with Crippen LogP contribution in [0.5, 0.6) is 0 Å². The van der Waals surface area contributed by atoms with Crippen molar-refractivity contribution in [3.8, 4) is 0 Å². The van der Waals surface area contributed by atoms with E-state index < -0.39 is 5.60 Å². The zero-order valence-electron chi connectivity index (χ0n) is 20.1. The van der Waals surface area contributed by atoms with E-state index in [1.807, 2.05) is 45.0 Å². The maximum atomic E-state index is 12.8. The van der Waals surface area contributed by atoms with Gasteiger partial charge in [-0.1, -0.05) is 29.8 Å². The van der Waals surface area contributed by atoms with E-state index >= 15 is 0 Å². The molecule has 0 aromatic heterocycles. The Bertz CT molecular complexity index is 859. The van der Waals surface area contributed by atoms with Gasteiger partial charge in [-0.2, -0.15) is 0 Å². The molecule has 0 saturated carbocycles. The zero-order chi connectivity index (χ0) is 24.0. The van der Waals surface area contributed by atoms with Crippen LogP contribution in [-0.4, -0.2) is 55.3 Å². The summed E-state index contributed by atoms with van der Waals surface area (Å²) in [5.41, 5.74) is 1.67. The summed E-state index contributed by atoms with van der Waals surface area (Å²) in [6.45, 7) is 7.41. The second kappa shape index (κ2) is 11.3. The normalized spacial score (nSPS) is 23.2. The summed E-state index contributed by atoms with van der Waals surface area (Å²) in [5, 5.41) is 10.7. The molecule has 3 unspecified atom stereocenters. The summed E-state index contributed by atoms with van der Waals surface area (Å²) in [7, 11) is 1.71. The third-order valence-corrected chi connectivity index (χ3v) is 6.19. The van der Waals surface area contributed by atoms with Crippen molar-refractivity contribution < 1.29 is 14.3 Å². The number of hydrogen-bond acceptors (Lipinski definition) is 5. The molecule has 33 heavy (non-hydrogen) atoms. The molecule has 1 saturated heterocycles. The van der Waals surface area contributed by atoms with Crippen molar-refractivity contribution in [3.05, 3.63) is 46.6 Å². The van der Waals surface area contributed by atoms with Gasteiger partial charge in [0.05, 0.1) is 18.6 Å². The number of allylic oxidation sites excluding steroid dienone is 1. The van der Waals surface area contributed by atoms with Crippen LogP contribution in [0.15, 0.2) is 36.0 Å². The average Bonchev–Trinajstić information content (AvgIpc) is 2.74. The lowest BCUT2D eigenvalue weighted by molar-refractivity contribution is -0.126. The Hall–Kier alpha value is -2.25. The Balaban J connectivity index is 1.38. The molecular weight excluding hydrogens is 440 g/mol. The van der Waals surface area contributed by atoms with E-state index in [9.17, 15) is 9.59 Å². The van der Waals surface area contributed by atoms with Gasteiger partial charge in [-0.15, -0.1) is 0 Å². The molecular formula is C25H37ClN4O3. The van der Waals surface area contributed by atoms with E-state index in [1.165, 1.54) is 10.5 Å². The van der Waals surface area contributed by atoms with Crippen molar-refractivity contribution >= 4 is 23.6 Å². The number of hydrogen-bond donors (Lipinski definition) is 3. The Kier molecular flexibility index (Phi) is 8.65. The van der Waals surface area contributed by atoms with E-state index in [2.05, 4.69) is 22.0 Å². The minimum Gasteiger partial charge on any atom is -0.444 e. The monoisotopic (exact) mass is 476 g/mol. The molecule has 3 N–H and O–H groups in total. The van der Waals surface area contributed by atoms with Gasteiger partial charge >= 0.3 is 6.09 Å². The molecule has 1 fully saturated rings. The molecule has 0 radical (unpaired) electrons. The molecule has 182 valence electrons. The fraction of sp³-hybridized carbons (Fsp3) is 0.600. The molecule has 2 aliphatic heterocycles. The molecule has 0 bridgehead atoms. The maximum absolute atomic E-state index is 12.8. The summed E-state index contributed by atoms with van der Waals surface area (Å²) in [6.07, 6.45) is 5.28. The number of nitrogens with one attached hydrogen (secondary N) is 3. The lowest BCUT2D eigenvalue weighted by Crippen LogP contribution is -2.53. The highest BCUT2D eigenvalue weighted by molar-refractivity contribution is 6.30. The Labute approximate surface area is 202 Å². The minimum atomic E-state index is -0.522. The smallest absolute Gasteiger partial charge is 0.410 e. The molecule has 7 nitrogen and oxygen atoms in total. The predicted molar refractivity (Wildman–Crippen MR) is 131 cm³/mol. The Morgan fingerprint density at radius 1 is 1.24 bits per heavy atom. The Morgan fingerprint density at radius 2 is 2.03 bits per heavy atom. The van der Waals surface area contributed by atoms with Crippen molar-refractivity contribution in [2.24, 2.45) is 11.8 Å². The highest BCUT2D eigenvalue weighted by Crippen LogP contribution is 2.21. The van der Waals surface area contributed by atoms with E-state index in [1.54, 1.807) is 7.05 Å². The van der Waals surface area contributed by atoms with Gasteiger partial charge in [-0.05, 0) is 70.1 Å². The summed E-state index contributed by atoms with van der Waals surface area (Å²) < 4.78 is 5.39. The van der Waals surface area contributed by atoms with E-state index in [0.29, 0.717) is 25.4 Å². The number of benzene rings is 1. The van der Waals surface area contributed by atoms with Crippen LogP contribution in [0.1, 0.15) is 45.6 Å². The van der Waals surface area contributed by atoms with Gasteiger partial charge in [-0.3, -0.25) is 10.1 Å². The molecule has 2 amide bonds. The number of carbonyl (C=O) groups is 2. The van der Waals surface area contributed by atoms with Crippen LogP contribution in [0.25, 0.3) is 0 Å². The number of ether oxygens (including phenoxy) is 1. The van der Waals surface area contributed by atoms with Crippen molar-refractivity contribution in [1.29, 1.82) is 0 Å². The van der Waals surface area contributed by atoms with Gasteiger partial charge in [-0.25, -0.2) is 4.79 Å². The minimum absolute atomic E-state index is 0.0109. The molecule has 3 atom stereocenters. The highest BCUT2D eigenvalue weighted by atomic mass is 35.5. The van der Waals surface area contributed by atoms with Crippen molar-refractivity contribution in [3.63, 3.8) is 0 Å². The van der Waals surface area contributed by atoms with Crippen LogP contribution in [0.4, 0.5) is 4.79 Å². The predicted octanol–water partition coefficient (Wildman–Crippen LogP) is 3.68. The van der Waals surface area contributed by atoms with Crippen LogP contribution in [0.3, 0.4) is 0 Å². The van der Waals surface area contributed by atoms with E-state index in [-0.39, 0.29) is 24.1 Å².